The predicted molar refractivity (Wildman–Crippen MR) is 388 cm³/mol. The molecule has 4 aromatic carbocycles. The van der Waals surface area contributed by atoms with Crippen molar-refractivity contribution in [3.63, 3.8) is 0 Å². The molecule has 16 nitrogen and oxygen atoms in total. The molecule has 20 heteroatoms. The van der Waals surface area contributed by atoms with Gasteiger partial charge in [0.1, 0.15) is 0 Å². The Kier molecular flexibility index (Phi) is 95.0. The highest BCUT2D eigenvalue weighted by atomic mass is 16.4. The molecule has 536 valence electrons. The fraction of sp³-hybridized carbons (Fsp3) is 0.667. The van der Waals surface area contributed by atoms with Crippen molar-refractivity contribution in [2.75, 3.05) is 157 Å². The SMILES string of the molecule is CC[NH+](CC)CC.CC[NH+](CC)CC.CC[NH+](CC)CC.CC[NH+](CC)CC.CC[NH+](CC)CC.CC[NH+](CC)CC.CC[NH+](CC)CC.CC[NH+](CC)CC.[O-]B([O-])c1ccccc1.[O-]B([O-])c1ccccc1.[O-]B([O-])c1ccccc1.[O-]B([O-])c1ccccc1. The molecule has 0 saturated carbocycles. The van der Waals surface area contributed by atoms with E-state index in [-0.39, 0.29) is 0 Å². The molecular formula is C72H148B4N8O8. The summed E-state index contributed by atoms with van der Waals surface area (Å²) in [6.45, 7) is 83.9. The fourth-order valence-corrected chi connectivity index (χ4v) is 8.44. The number of quaternary nitrogens is 8. The van der Waals surface area contributed by atoms with E-state index in [1.807, 2.05) is 0 Å². The fourth-order valence-electron chi connectivity index (χ4n) is 8.44. The Morgan fingerprint density at radius 1 is 0.163 bits per heavy atom. The maximum Gasteiger partial charge on any atom is 0.0742 e. The van der Waals surface area contributed by atoms with E-state index in [4.69, 9.17) is 0 Å². The molecule has 0 aliphatic carbocycles. The average molecular weight is 1300 g/mol. The summed E-state index contributed by atoms with van der Waals surface area (Å²) in [6, 6.07) is 32.8. The van der Waals surface area contributed by atoms with E-state index in [1.165, 1.54) is 206 Å². The number of hydrogen-bond acceptors (Lipinski definition) is 8. The van der Waals surface area contributed by atoms with Gasteiger partial charge in [-0.25, -0.2) is 0 Å². The van der Waals surface area contributed by atoms with Crippen molar-refractivity contribution in [1.82, 2.24) is 0 Å². The largest absolute Gasteiger partial charge is 0.889 e. The minimum atomic E-state index is -1.84. The smallest absolute Gasteiger partial charge is 0.0742 e. The summed E-state index contributed by atoms with van der Waals surface area (Å²) < 4.78 is 0. The maximum absolute atomic E-state index is 10.2. The lowest BCUT2D eigenvalue weighted by molar-refractivity contribution is -0.894. The number of hydrogen-bond donors (Lipinski definition) is 8. The molecule has 0 bridgehead atoms. The molecule has 92 heavy (non-hydrogen) atoms. The highest BCUT2D eigenvalue weighted by Gasteiger charge is 1.98. The standard InChI is InChI=1S/4C6H5BO2.8C6H15N/c4*8-7(9)6-4-2-1-3-5-6;8*1-4-7(5-2)6-3/h4*1-5H;8*4-6H2,1-3H3/q4*-2;;;;;;;;/p+8. The molecule has 0 spiro atoms. The lowest BCUT2D eigenvalue weighted by Crippen LogP contribution is -3.11. The molecule has 0 atom stereocenters. The van der Waals surface area contributed by atoms with Crippen LogP contribution in [0.1, 0.15) is 166 Å². The molecule has 0 saturated heterocycles. The molecule has 0 aliphatic heterocycles. The Balaban J connectivity index is -0.000000140. The van der Waals surface area contributed by atoms with Crippen molar-refractivity contribution in [1.29, 1.82) is 0 Å². The third kappa shape index (κ3) is 73.9. The first-order valence-corrected chi connectivity index (χ1v) is 36.1. The summed E-state index contributed by atoms with van der Waals surface area (Å²) in [5.74, 6) is 0. The summed E-state index contributed by atoms with van der Waals surface area (Å²) in [5, 5.41) is 81.4. The Labute approximate surface area is 571 Å². The van der Waals surface area contributed by atoms with Crippen LogP contribution in [0.2, 0.25) is 0 Å². The minimum absolute atomic E-state index is 0.303. The van der Waals surface area contributed by atoms with Gasteiger partial charge >= 0.3 is 0 Å². The molecule has 0 aromatic heterocycles. The predicted octanol–water partition coefficient (Wildman–Crippen LogP) is -8.14. The minimum Gasteiger partial charge on any atom is -0.889 e. The molecule has 4 aromatic rings. The molecular weight excluding hydrogens is 1150 g/mol. The van der Waals surface area contributed by atoms with Crippen molar-refractivity contribution in [2.45, 2.75) is 166 Å². The van der Waals surface area contributed by atoms with Crippen LogP contribution in [0.4, 0.5) is 0 Å². The summed E-state index contributed by atoms with van der Waals surface area (Å²) in [5.41, 5.74) is 1.21. The van der Waals surface area contributed by atoms with Gasteiger partial charge in [-0.3, -0.25) is 0 Å². The normalized spacial score (nSPS) is 9.83. The lowest BCUT2D eigenvalue weighted by Gasteiger charge is -2.26. The average Bonchev–Trinajstić information content (AvgIpc) is 3.78. The Morgan fingerprint density at radius 3 is 0.272 bits per heavy atom. The first-order chi connectivity index (χ1) is 44.0. The second-order valence-corrected chi connectivity index (χ2v) is 21.5. The van der Waals surface area contributed by atoms with Crippen molar-refractivity contribution < 1.29 is 79.4 Å². The van der Waals surface area contributed by atoms with Gasteiger partial charge in [0.15, 0.2) is 0 Å². The van der Waals surface area contributed by atoms with Crippen LogP contribution >= 0.6 is 0 Å². The first kappa shape index (κ1) is 105. The number of nitrogens with one attached hydrogen (secondary N) is 8. The molecule has 0 heterocycles. The summed E-state index contributed by atoms with van der Waals surface area (Å²) in [7, 11) is -7.37. The van der Waals surface area contributed by atoms with Gasteiger partial charge in [-0.2, -0.15) is 0 Å². The number of rotatable bonds is 28. The molecule has 0 amide bonds. The van der Waals surface area contributed by atoms with E-state index in [2.05, 4.69) is 166 Å². The topological polar surface area (TPSA) is 220 Å². The van der Waals surface area contributed by atoms with Crippen LogP contribution in [0, 0.1) is 0 Å². The molecule has 0 unspecified atom stereocenters. The van der Waals surface area contributed by atoms with Crippen molar-refractivity contribution in [3.05, 3.63) is 121 Å². The third-order valence-corrected chi connectivity index (χ3v) is 16.3. The highest BCUT2D eigenvalue weighted by molar-refractivity contribution is 6.56. The van der Waals surface area contributed by atoms with Crippen molar-refractivity contribution in [2.24, 2.45) is 0 Å². The van der Waals surface area contributed by atoms with Crippen LogP contribution in [-0.4, -0.2) is 186 Å². The molecule has 0 aliphatic rings. The van der Waals surface area contributed by atoms with Crippen LogP contribution in [-0.2, 0) is 0 Å². The Hall–Kier alpha value is -3.50. The Morgan fingerprint density at radius 2 is 0.239 bits per heavy atom. The van der Waals surface area contributed by atoms with Crippen LogP contribution in [0.5, 0.6) is 0 Å². The van der Waals surface area contributed by atoms with Crippen LogP contribution in [0.3, 0.4) is 0 Å². The summed E-state index contributed by atoms with van der Waals surface area (Å²) in [6.07, 6.45) is 0. The van der Waals surface area contributed by atoms with Crippen molar-refractivity contribution >= 4 is 50.3 Å². The van der Waals surface area contributed by atoms with Crippen LogP contribution in [0.25, 0.3) is 0 Å². The molecule has 8 N–H and O–H groups in total. The number of benzene rings is 4. The lowest BCUT2D eigenvalue weighted by atomic mass is 9.81. The van der Waals surface area contributed by atoms with Gasteiger partial charge in [0.25, 0.3) is 0 Å². The zero-order valence-corrected chi connectivity index (χ0v) is 64.1. The second kappa shape index (κ2) is 83.6. The van der Waals surface area contributed by atoms with Crippen LogP contribution in [0.15, 0.2) is 121 Å². The molecule has 0 fully saturated rings. The van der Waals surface area contributed by atoms with E-state index >= 15 is 0 Å². The van der Waals surface area contributed by atoms with E-state index in [1.54, 1.807) is 112 Å². The zero-order chi connectivity index (χ0) is 72.4. The summed E-state index contributed by atoms with van der Waals surface area (Å²) in [4.78, 5) is 13.4. The van der Waals surface area contributed by atoms with Crippen LogP contribution < -0.4 is 101 Å². The quantitative estimate of drug-likeness (QED) is 0.0255. The van der Waals surface area contributed by atoms with Gasteiger partial charge in [-0.05, 0) is 166 Å². The second-order valence-electron chi connectivity index (χ2n) is 21.5. The first-order valence-electron chi connectivity index (χ1n) is 36.1. The highest BCUT2D eigenvalue weighted by Crippen LogP contribution is 1.82. The van der Waals surface area contributed by atoms with E-state index in [9.17, 15) is 40.2 Å². The van der Waals surface area contributed by atoms with Gasteiger partial charge in [0.05, 0.1) is 157 Å². The third-order valence-electron chi connectivity index (χ3n) is 16.3. The van der Waals surface area contributed by atoms with Gasteiger partial charge in [0.2, 0.25) is 0 Å². The van der Waals surface area contributed by atoms with Gasteiger partial charge in [0, 0.05) is 0 Å². The Bertz CT molecular complexity index is 1490. The van der Waals surface area contributed by atoms with Gasteiger partial charge < -0.3 is 79.4 Å². The van der Waals surface area contributed by atoms with Gasteiger partial charge in [-0.1, -0.05) is 150 Å². The van der Waals surface area contributed by atoms with Gasteiger partial charge in [-0.15, -0.1) is 21.9 Å². The summed E-state index contributed by atoms with van der Waals surface area (Å²) >= 11 is 0. The van der Waals surface area contributed by atoms with Crippen molar-refractivity contribution in [3.8, 4) is 0 Å². The zero-order valence-electron chi connectivity index (χ0n) is 64.1. The maximum atomic E-state index is 10.2. The molecule has 4 rings (SSSR count). The molecule has 0 radical (unpaired) electrons. The van der Waals surface area contributed by atoms with E-state index in [0.29, 0.717) is 21.9 Å². The monoisotopic (exact) mass is 1300 g/mol. The van der Waals surface area contributed by atoms with E-state index < -0.39 is 28.5 Å². The van der Waals surface area contributed by atoms with E-state index in [0.717, 1.165) is 0 Å².